The van der Waals surface area contributed by atoms with Crippen molar-refractivity contribution in [1.82, 2.24) is 9.78 Å². The highest BCUT2D eigenvalue weighted by Gasteiger charge is 2.30. The molecular weight excluding hydrogens is 410 g/mol. The molecule has 2 aromatic rings. The third kappa shape index (κ3) is 4.22. The third-order valence-corrected chi connectivity index (χ3v) is 4.85. The molecular formula is C19H19Cl2FN2O4. The van der Waals surface area contributed by atoms with Crippen LogP contribution in [0.15, 0.2) is 24.0 Å². The number of hydrogen-bond acceptors (Lipinski definition) is 5. The van der Waals surface area contributed by atoms with E-state index in [9.17, 15) is 9.18 Å². The molecule has 0 aliphatic carbocycles. The molecule has 1 aliphatic rings. The summed E-state index contributed by atoms with van der Waals surface area (Å²) in [5, 5.41) is 5.54. The molecule has 9 heteroatoms. The van der Waals surface area contributed by atoms with Gasteiger partial charge in [-0.3, -0.25) is 0 Å². The summed E-state index contributed by atoms with van der Waals surface area (Å²) in [5.74, 6) is -2.01. The van der Waals surface area contributed by atoms with Crippen molar-refractivity contribution in [2.45, 2.75) is 26.7 Å². The van der Waals surface area contributed by atoms with E-state index in [-0.39, 0.29) is 32.1 Å². The second-order valence-corrected chi connectivity index (χ2v) is 6.95. The third-order valence-electron chi connectivity index (χ3n) is 4.26. The van der Waals surface area contributed by atoms with Crippen LogP contribution in [0.25, 0.3) is 5.57 Å². The molecule has 0 saturated heterocycles. The molecule has 28 heavy (non-hydrogen) atoms. The van der Waals surface area contributed by atoms with Crippen LogP contribution in [0.1, 0.15) is 29.4 Å². The van der Waals surface area contributed by atoms with Crippen LogP contribution in [0.5, 0.6) is 0 Å². The molecule has 3 rings (SSSR count). The zero-order valence-electron chi connectivity index (χ0n) is 15.4. The van der Waals surface area contributed by atoms with E-state index in [1.165, 1.54) is 7.11 Å². The van der Waals surface area contributed by atoms with E-state index < -0.39 is 11.8 Å². The van der Waals surface area contributed by atoms with Crippen LogP contribution in [-0.2, 0) is 38.8 Å². The largest absolute Gasteiger partial charge is 0.461 e. The first kappa shape index (κ1) is 20.8. The van der Waals surface area contributed by atoms with Gasteiger partial charge in [-0.15, -0.1) is 0 Å². The fourth-order valence-electron chi connectivity index (χ4n) is 3.06. The Labute approximate surface area is 171 Å². The predicted molar refractivity (Wildman–Crippen MR) is 103 cm³/mol. The van der Waals surface area contributed by atoms with Gasteiger partial charge in [0, 0.05) is 34.7 Å². The minimum Gasteiger partial charge on any atom is -0.461 e. The maximum absolute atomic E-state index is 14.8. The van der Waals surface area contributed by atoms with Gasteiger partial charge < -0.3 is 14.2 Å². The number of rotatable bonds is 6. The quantitative estimate of drug-likeness (QED) is 0.510. The lowest BCUT2D eigenvalue weighted by molar-refractivity contribution is -0.140. The van der Waals surface area contributed by atoms with Gasteiger partial charge in [0.25, 0.3) is 0 Å². The van der Waals surface area contributed by atoms with Crippen LogP contribution >= 0.6 is 23.2 Å². The lowest BCUT2D eigenvalue weighted by Gasteiger charge is -2.19. The molecule has 6 nitrogen and oxygen atoms in total. The maximum atomic E-state index is 14.8. The second kappa shape index (κ2) is 9.05. The van der Waals surface area contributed by atoms with Gasteiger partial charge in [-0.05, 0) is 24.6 Å². The number of carbonyl (C=O) groups excluding carboxylic acids is 1. The minimum absolute atomic E-state index is 0.0579. The number of esters is 1. The number of benzene rings is 1. The number of carbonyl (C=O) groups is 1. The summed E-state index contributed by atoms with van der Waals surface area (Å²) in [4.78, 5) is 11.9. The van der Waals surface area contributed by atoms with Crippen molar-refractivity contribution in [3.8, 4) is 0 Å². The lowest BCUT2D eigenvalue weighted by atomic mass is 9.97. The van der Waals surface area contributed by atoms with Gasteiger partial charge in [0.05, 0.1) is 31.2 Å². The monoisotopic (exact) mass is 428 g/mol. The van der Waals surface area contributed by atoms with Crippen molar-refractivity contribution in [1.29, 1.82) is 0 Å². The highest BCUT2D eigenvalue weighted by Crippen LogP contribution is 2.34. The first-order chi connectivity index (χ1) is 13.5. The van der Waals surface area contributed by atoms with Crippen molar-refractivity contribution in [3.63, 3.8) is 0 Å². The minimum atomic E-state index is -1.02. The Kier molecular flexibility index (Phi) is 6.72. The molecule has 1 aliphatic heterocycles. The fraction of sp³-hybridized carbons (Fsp3) is 0.368. The molecule has 0 N–H and O–H groups in total. The molecule has 0 bridgehead atoms. The number of nitrogens with zero attached hydrogens (tertiary/aromatic N) is 2. The molecule has 1 aromatic heterocycles. The zero-order chi connectivity index (χ0) is 20.3. The van der Waals surface area contributed by atoms with Crippen molar-refractivity contribution >= 4 is 34.7 Å². The molecule has 0 amide bonds. The summed E-state index contributed by atoms with van der Waals surface area (Å²) in [6.45, 7) is 2.01. The Morgan fingerprint density at radius 3 is 2.82 bits per heavy atom. The van der Waals surface area contributed by atoms with Crippen LogP contribution in [-0.4, -0.2) is 36.1 Å². The van der Waals surface area contributed by atoms with Crippen LogP contribution in [0, 0.1) is 0 Å². The van der Waals surface area contributed by atoms with E-state index in [1.807, 2.05) is 0 Å². The number of halogens is 3. The summed E-state index contributed by atoms with van der Waals surface area (Å²) in [6.07, 6.45) is 0.328. The molecule has 2 heterocycles. The first-order valence-corrected chi connectivity index (χ1v) is 9.37. The molecule has 0 radical (unpaired) electrons. The van der Waals surface area contributed by atoms with E-state index in [0.717, 1.165) is 5.56 Å². The average Bonchev–Trinajstić information content (AvgIpc) is 3.01. The molecule has 150 valence electrons. The number of aromatic nitrogens is 2. The van der Waals surface area contributed by atoms with E-state index in [0.29, 0.717) is 33.4 Å². The van der Waals surface area contributed by atoms with Gasteiger partial charge in [0.1, 0.15) is 6.73 Å². The van der Waals surface area contributed by atoms with E-state index in [2.05, 4.69) is 5.10 Å². The topological polar surface area (TPSA) is 62.6 Å². The van der Waals surface area contributed by atoms with Gasteiger partial charge >= 0.3 is 5.97 Å². The Balaban J connectivity index is 2.11. The fourth-order valence-corrected chi connectivity index (χ4v) is 3.53. The van der Waals surface area contributed by atoms with Gasteiger partial charge in [-0.25, -0.2) is 9.48 Å². The molecule has 1 aromatic carbocycles. The Morgan fingerprint density at radius 2 is 2.14 bits per heavy atom. The Morgan fingerprint density at radius 1 is 1.36 bits per heavy atom. The van der Waals surface area contributed by atoms with Crippen molar-refractivity contribution in [2.75, 3.05) is 20.3 Å². The number of hydrogen-bond donors (Lipinski definition) is 0. The smallest absolute Gasteiger partial charge is 0.367 e. The molecule has 0 saturated carbocycles. The summed E-state index contributed by atoms with van der Waals surface area (Å²) in [7, 11) is 1.53. The second-order valence-electron chi connectivity index (χ2n) is 6.10. The van der Waals surface area contributed by atoms with Gasteiger partial charge in [0.15, 0.2) is 0 Å². The molecule has 0 spiro atoms. The molecule has 0 fully saturated rings. The highest BCUT2D eigenvalue weighted by atomic mass is 35.5. The van der Waals surface area contributed by atoms with Crippen LogP contribution in [0.2, 0.25) is 10.0 Å². The van der Waals surface area contributed by atoms with Crippen molar-refractivity contribution in [3.05, 3.63) is 56.6 Å². The van der Waals surface area contributed by atoms with Gasteiger partial charge in [-0.1, -0.05) is 29.3 Å². The van der Waals surface area contributed by atoms with Gasteiger partial charge in [0.2, 0.25) is 5.83 Å². The standard InChI is InChI=1S/C19H19Cl2FN2O4/c1-3-28-19(25)18(22)13-8-27-9-16-17(13)15(23-24(16)10-26-2)6-11-4-5-12(20)7-14(11)21/h4-5,7H,3,6,8-10H2,1-2H3/b18-13-. The predicted octanol–water partition coefficient (Wildman–Crippen LogP) is 4.16. The summed E-state index contributed by atoms with van der Waals surface area (Å²) in [5.41, 5.74) is 2.61. The number of methoxy groups -OCH3 is 1. The summed E-state index contributed by atoms with van der Waals surface area (Å²) < 4.78 is 31.9. The average molecular weight is 429 g/mol. The maximum Gasteiger partial charge on any atom is 0.367 e. The van der Waals surface area contributed by atoms with Crippen molar-refractivity contribution in [2.24, 2.45) is 0 Å². The van der Waals surface area contributed by atoms with E-state index in [1.54, 1.807) is 29.8 Å². The van der Waals surface area contributed by atoms with E-state index in [4.69, 9.17) is 37.4 Å². The summed E-state index contributed by atoms with van der Waals surface area (Å²) in [6, 6.07) is 5.15. The normalized spacial score (nSPS) is 15.3. The lowest BCUT2D eigenvalue weighted by Crippen LogP contribution is -2.17. The highest BCUT2D eigenvalue weighted by molar-refractivity contribution is 6.35. The summed E-state index contributed by atoms with van der Waals surface area (Å²) >= 11 is 12.3. The number of fused-ring (bicyclic) bond motifs is 1. The van der Waals surface area contributed by atoms with Crippen molar-refractivity contribution < 1.29 is 23.4 Å². The van der Waals surface area contributed by atoms with Gasteiger partial charge in [-0.2, -0.15) is 9.49 Å². The molecule has 0 unspecified atom stereocenters. The molecule has 0 atom stereocenters. The van der Waals surface area contributed by atoms with Crippen LogP contribution in [0.3, 0.4) is 0 Å². The Bertz CT molecular complexity index is 927. The van der Waals surface area contributed by atoms with E-state index >= 15 is 0 Å². The number of ether oxygens (including phenoxy) is 3. The SMILES string of the molecule is CCOC(=O)/C(F)=C1\COCc2c1c(Cc1ccc(Cl)cc1Cl)nn2COC. The Hall–Kier alpha value is -1.93. The van der Waals surface area contributed by atoms with Crippen LogP contribution < -0.4 is 0 Å². The zero-order valence-corrected chi connectivity index (χ0v) is 16.9. The van der Waals surface area contributed by atoms with Crippen LogP contribution in [0.4, 0.5) is 4.39 Å². The first-order valence-electron chi connectivity index (χ1n) is 8.61.